The fraction of sp³-hybridized carbons (Fsp3) is 0.929. The van der Waals surface area contributed by atoms with E-state index in [1.807, 2.05) is 6.92 Å². The lowest BCUT2D eigenvalue weighted by atomic mass is 9.69. The van der Waals surface area contributed by atoms with Crippen molar-refractivity contribution in [2.45, 2.75) is 51.9 Å². The Morgan fingerprint density at radius 3 is 2.44 bits per heavy atom. The number of nitrogens with zero attached hydrogens (tertiary/aromatic N) is 1. The molecular weight excluding hydrogens is 248 g/mol. The topological polar surface area (TPSA) is 46.3 Å². The van der Waals surface area contributed by atoms with E-state index in [-0.39, 0.29) is 24.2 Å². The van der Waals surface area contributed by atoms with E-state index in [0.717, 1.165) is 13.1 Å². The van der Waals surface area contributed by atoms with Gasteiger partial charge in [-0.05, 0) is 31.1 Å². The SMILES string of the molecule is CC(CN)C(=O)N1CCCC2(CCCCC2)C1.Cl. The first-order chi connectivity index (χ1) is 8.17. The van der Waals surface area contributed by atoms with Crippen molar-refractivity contribution in [2.24, 2.45) is 17.1 Å². The van der Waals surface area contributed by atoms with Crippen LogP contribution in [-0.2, 0) is 4.79 Å². The molecule has 106 valence electrons. The Hall–Kier alpha value is -0.280. The molecule has 0 bridgehead atoms. The van der Waals surface area contributed by atoms with Gasteiger partial charge in [-0.3, -0.25) is 4.79 Å². The zero-order valence-electron chi connectivity index (χ0n) is 11.5. The highest BCUT2D eigenvalue weighted by atomic mass is 35.5. The first kappa shape index (κ1) is 15.8. The smallest absolute Gasteiger partial charge is 0.226 e. The van der Waals surface area contributed by atoms with E-state index < -0.39 is 0 Å². The number of nitrogens with two attached hydrogens (primary N) is 1. The third kappa shape index (κ3) is 3.39. The molecule has 1 atom stereocenters. The first-order valence-electron chi connectivity index (χ1n) is 7.16. The average molecular weight is 275 g/mol. The lowest BCUT2D eigenvalue weighted by Crippen LogP contribution is -2.49. The van der Waals surface area contributed by atoms with Crippen LogP contribution < -0.4 is 5.73 Å². The highest BCUT2D eigenvalue weighted by Crippen LogP contribution is 2.43. The molecule has 1 amide bonds. The number of carbonyl (C=O) groups excluding carboxylic acids is 1. The molecule has 1 spiro atoms. The highest BCUT2D eigenvalue weighted by molar-refractivity contribution is 5.85. The number of amides is 1. The molecule has 0 aromatic rings. The molecule has 1 aliphatic carbocycles. The van der Waals surface area contributed by atoms with E-state index in [9.17, 15) is 4.79 Å². The van der Waals surface area contributed by atoms with E-state index >= 15 is 0 Å². The van der Waals surface area contributed by atoms with Crippen molar-refractivity contribution in [1.82, 2.24) is 4.90 Å². The van der Waals surface area contributed by atoms with Gasteiger partial charge in [0.2, 0.25) is 5.91 Å². The lowest BCUT2D eigenvalue weighted by molar-refractivity contribution is -0.138. The highest BCUT2D eigenvalue weighted by Gasteiger charge is 2.38. The summed E-state index contributed by atoms with van der Waals surface area (Å²) >= 11 is 0. The van der Waals surface area contributed by atoms with Crippen LogP contribution in [0.15, 0.2) is 0 Å². The normalized spacial score (nSPS) is 24.4. The van der Waals surface area contributed by atoms with Crippen molar-refractivity contribution in [3.8, 4) is 0 Å². The molecule has 4 heteroatoms. The molecule has 1 saturated carbocycles. The summed E-state index contributed by atoms with van der Waals surface area (Å²) in [5, 5.41) is 0. The summed E-state index contributed by atoms with van der Waals surface area (Å²) in [6, 6.07) is 0. The van der Waals surface area contributed by atoms with Crippen LogP contribution in [0.25, 0.3) is 0 Å². The van der Waals surface area contributed by atoms with Gasteiger partial charge in [0.05, 0.1) is 0 Å². The van der Waals surface area contributed by atoms with E-state index in [0.29, 0.717) is 12.0 Å². The summed E-state index contributed by atoms with van der Waals surface area (Å²) in [7, 11) is 0. The Balaban J connectivity index is 0.00000162. The van der Waals surface area contributed by atoms with Gasteiger partial charge in [0.15, 0.2) is 0 Å². The predicted molar refractivity (Wildman–Crippen MR) is 76.8 cm³/mol. The van der Waals surface area contributed by atoms with Crippen LogP contribution in [0.4, 0.5) is 0 Å². The molecule has 18 heavy (non-hydrogen) atoms. The lowest BCUT2D eigenvalue weighted by Gasteiger charge is -2.45. The van der Waals surface area contributed by atoms with Gasteiger partial charge in [-0.1, -0.05) is 26.2 Å². The number of carbonyl (C=O) groups is 1. The van der Waals surface area contributed by atoms with Crippen LogP contribution in [-0.4, -0.2) is 30.4 Å². The molecule has 2 N–H and O–H groups in total. The van der Waals surface area contributed by atoms with Gasteiger partial charge in [-0.15, -0.1) is 12.4 Å². The van der Waals surface area contributed by atoms with Gasteiger partial charge in [0.1, 0.15) is 0 Å². The first-order valence-corrected chi connectivity index (χ1v) is 7.16. The maximum Gasteiger partial charge on any atom is 0.226 e. The van der Waals surface area contributed by atoms with E-state index in [1.54, 1.807) is 0 Å². The molecule has 3 nitrogen and oxygen atoms in total. The number of hydrogen-bond donors (Lipinski definition) is 1. The zero-order valence-corrected chi connectivity index (χ0v) is 12.3. The second-order valence-electron chi connectivity index (χ2n) is 6.06. The van der Waals surface area contributed by atoms with Gasteiger partial charge >= 0.3 is 0 Å². The molecule has 2 fully saturated rings. The largest absolute Gasteiger partial charge is 0.342 e. The summed E-state index contributed by atoms with van der Waals surface area (Å²) in [5.74, 6) is 0.269. The fourth-order valence-corrected chi connectivity index (χ4v) is 3.52. The number of piperidine rings is 1. The van der Waals surface area contributed by atoms with E-state index in [2.05, 4.69) is 4.90 Å². The van der Waals surface area contributed by atoms with Gasteiger partial charge in [-0.25, -0.2) is 0 Å². The number of rotatable bonds is 2. The number of hydrogen-bond acceptors (Lipinski definition) is 2. The fourth-order valence-electron chi connectivity index (χ4n) is 3.52. The van der Waals surface area contributed by atoms with Crippen molar-refractivity contribution in [3.63, 3.8) is 0 Å². The summed E-state index contributed by atoms with van der Waals surface area (Å²) in [6.45, 7) is 4.37. The van der Waals surface area contributed by atoms with Crippen molar-refractivity contribution in [3.05, 3.63) is 0 Å². The maximum absolute atomic E-state index is 12.2. The van der Waals surface area contributed by atoms with Gasteiger partial charge < -0.3 is 10.6 Å². The van der Waals surface area contributed by atoms with Gasteiger partial charge in [-0.2, -0.15) is 0 Å². The molecule has 2 rings (SSSR count). The minimum atomic E-state index is -0.00580. The third-order valence-corrected chi connectivity index (χ3v) is 4.66. The molecule has 1 aliphatic heterocycles. The molecule has 1 saturated heterocycles. The molecule has 2 aliphatic rings. The Morgan fingerprint density at radius 1 is 1.22 bits per heavy atom. The predicted octanol–water partition coefficient (Wildman–Crippen LogP) is 2.58. The van der Waals surface area contributed by atoms with E-state index in [1.165, 1.54) is 44.9 Å². The van der Waals surface area contributed by atoms with Crippen molar-refractivity contribution in [1.29, 1.82) is 0 Å². The monoisotopic (exact) mass is 274 g/mol. The van der Waals surface area contributed by atoms with Crippen LogP contribution >= 0.6 is 12.4 Å². The summed E-state index contributed by atoms with van der Waals surface area (Å²) in [5.41, 5.74) is 6.06. The van der Waals surface area contributed by atoms with Crippen molar-refractivity contribution in [2.75, 3.05) is 19.6 Å². The third-order valence-electron chi connectivity index (χ3n) is 4.66. The van der Waals surface area contributed by atoms with Crippen LogP contribution in [0.2, 0.25) is 0 Å². The number of halogens is 1. The molecule has 0 aromatic heterocycles. The van der Waals surface area contributed by atoms with Crippen LogP contribution in [0.1, 0.15) is 51.9 Å². The van der Waals surface area contributed by atoms with Gasteiger partial charge in [0, 0.05) is 25.6 Å². The van der Waals surface area contributed by atoms with Crippen molar-refractivity contribution < 1.29 is 4.79 Å². The summed E-state index contributed by atoms with van der Waals surface area (Å²) in [6.07, 6.45) is 9.26. The second-order valence-corrected chi connectivity index (χ2v) is 6.06. The van der Waals surface area contributed by atoms with Crippen LogP contribution in [0, 0.1) is 11.3 Å². The van der Waals surface area contributed by atoms with Gasteiger partial charge in [0.25, 0.3) is 0 Å². The van der Waals surface area contributed by atoms with Crippen LogP contribution in [0.3, 0.4) is 0 Å². The summed E-state index contributed by atoms with van der Waals surface area (Å²) in [4.78, 5) is 14.3. The Bertz CT molecular complexity index is 271. The standard InChI is InChI=1S/C14H26N2O.ClH/c1-12(10-15)13(17)16-9-5-8-14(11-16)6-3-2-4-7-14;/h12H,2-11,15H2,1H3;1H. The average Bonchev–Trinajstić information content (AvgIpc) is 2.38. The van der Waals surface area contributed by atoms with E-state index in [4.69, 9.17) is 5.73 Å². The number of likely N-dealkylation sites (tertiary alicyclic amines) is 1. The molecule has 0 aromatic carbocycles. The molecule has 1 unspecified atom stereocenters. The zero-order chi connectivity index (χ0) is 12.3. The molecule has 0 radical (unpaired) electrons. The molecular formula is C14H27ClN2O. The maximum atomic E-state index is 12.2. The minimum Gasteiger partial charge on any atom is -0.342 e. The van der Waals surface area contributed by atoms with Crippen molar-refractivity contribution >= 4 is 18.3 Å². The van der Waals surface area contributed by atoms with Crippen LogP contribution in [0.5, 0.6) is 0 Å². The molecule has 1 heterocycles. The Labute approximate surface area is 117 Å². The Morgan fingerprint density at radius 2 is 1.83 bits per heavy atom. The minimum absolute atomic E-state index is 0. The second kappa shape index (κ2) is 6.76. The quantitative estimate of drug-likeness (QED) is 0.841. The Kier molecular flexibility index (Phi) is 5.93. The summed E-state index contributed by atoms with van der Waals surface area (Å²) < 4.78 is 0.